The molecule has 0 amide bonds. The lowest BCUT2D eigenvalue weighted by molar-refractivity contribution is -0.178. The van der Waals surface area contributed by atoms with E-state index in [2.05, 4.69) is 28.7 Å². The first-order chi connectivity index (χ1) is 8.44. The van der Waals surface area contributed by atoms with Crippen LogP contribution in [0.1, 0.15) is 6.42 Å². The summed E-state index contributed by atoms with van der Waals surface area (Å²) in [5.41, 5.74) is -2.10. The van der Waals surface area contributed by atoms with Gasteiger partial charge in [-0.2, -0.15) is 0 Å². The fraction of sp³-hybridized carbons (Fsp3) is 0.364. The molecule has 7 heteroatoms. The Morgan fingerprint density at radius 3 is 2.67 bits per heavy atom. The molecule has 1 aromatic rings. The summed E-state index contributed by atoms with van der Waals surface area (Å²) in [4.78, 5) is 11.2. The van der Waals surface area contributed by atoms with Gasteiger partial charge in [0, 0.05) is 17.4 Å². The fourth-order valence-corrected chi connectivity index (χ4v) is 2.44. The molecule has 1 saturated heterocycles. The highest BCUT2D eigenvalue weighted by Crippen LogP contribution is 2.32. The second kappa shape index (κ2) is 5.08. The molecule has 5 nitrogen and oxygen atoms in total. The van der Waals surface area contributed by atoms with Gasteiger partial charge >= 0.3 is 5.97 Å². The second-order valence-corrected chi connectivity index (χ2v) is 5.40. The summed E-state index contributed by atoms with van der Waals surface area (Å²) < 4.78 is 7.51. The first kappa shape index (κ1) is 13.7. The normalized spacial score (nSPS) is 28.3. The van der Waals surface area contributed by atoms with Crippen LogP contribution in [-0.4, -0.2) is 38.9 Å². The minimum absolute atomic E-state index is 0.340. The Morgan fingerprint density at radius 2 is 2.11 bits per heavy atom. The van der Waals surface area contributed by atoms with Crippen molar-refractivity contribution in [2.24, 2.45) is 0 Å². The number of rotatable bonds is 3. The number of thiol groups is 1. The van der Waals surface area contributed by atoms with E-state index < -0.39 is 17.8 Å². The topological polar surface area (TPSA) is 70.0 Å². The summed E-state index contributed by atoms with van der Waals surface area (Å²) in [6.07, 6.45) is -0.462. The molecule has 2 rings (SSSR count). The first-order valence-electron chi connectivity index (χ1n) is 5.29. The Bertz CT molecular complexity index is 455. The average molecular weight is 334 g/mol. The number of carbonyl (C=O) groups is 1. The molecule has 0 aliphatic carbocycles. The Kier molecular flexibility index (Phi) is 3.86. The molecule has 18 heavy (non-hydrogen) atoms. The van der Waals surface area contributed by atoms with Gasteiger partial charge in [0.05, 0.1) is 0 Å². The largest absolute Gasteiger partial charge is 0.485 e. The highest BCUT2D eigenvalue weighted by molar-refractivity contribution is 9.10. The van der Waals surface area contributed by atoms with Crippen LogP contribution in [0.25, 0.3) is 0 Å². The van der Waals surface area contributed by atoms with Crippen LogP contribution in [0.2, 0.25) is 0 Å². The van der Waals surface area contributed by atoms with Crippen molar-refractivity contribution in [3.05, 3.63) is 28.7 Å². The van der Waals surface area contributed by atoms with Crippen molar-refractivity contribution >= 4 is 34.7 Å². The van der Waals surface area contributed by atoms with E-state index in [4.69, 9.17) is 9.84 Å². The first-order valence-corrected chi connectivity index (χ1v) is 6.48. The van der Waals surface area contributed by atoms with Crippen molar-refractivity contribution in [1.82, 2.24) is 4.31 Å². The van der Waals surface area contributed by atoms with Crippen LogP contribution >= 0.6 is 28.7 Å². The van der Waals surface area contributed by atoms with Gasteiger partial charge in [-0.15, -0.1) is 0 Å². The van der Waals surface area contributed by atoms with E-state index in [1.807, 2.05) is 0 Å². The Hall–Kier alpha value is -0.760. The third kappa shape index (κ3) is 2.35. The molecule has 1 aliphatic heterocycles. The van der Waals surface area contributed by atoms with Crippen LogP contribution in [0, 0.1) is 0 Å². The van der Waals surface area contributed by atoms with Crippen molar-refractivity contribution < 1.29 is 19.7 Å². The number of benzene rings is 1. The van der Waals surface area contributed by atoms with Gasteiger partial charge in [-0.3, -0.25) is 0 Å². The summed E-state index contributed by atoms with van der Waals surface area (Å²) in [6, 6.07) is 6.96. The van der Waals surface area contributed by atoms with Gasteiger partial charge in [0.2, 0.25) is 0 Å². The monoisotopic (exact) mass is 333 g/mol. The maximum Gasteiger partial charge on any atom is 0.356 e. The van der Waals surface area contributed by atoms with Crippen molar-refractivity contribution in [3.63, 3.8) is 0 Å². The predicted octanol–water partition coefficient (Wildman–Crippen LogP) is 1.52. The number of ether oxygens (including phenoxy) is 1. The standard InChI is InChI=1S/C11H12BrNO4S/c12-7-1-3-8(4-2-7)17-9-5-6-13(18)11(9,16)10(14)15/h1-4,9,16,18H,5-6H2,(H,14,15)/t9?,11-/m1/s1. The smallest absolute Gasteiger partial charge is 0.356 e. The number of hydrogen-bond acceptors (Lipinski definition) is 5. The van der Waals surface area contributed by atoms with E-state index in [0.29, 0.717) is 18.7 Å². The SMILES string of the molecule is O=C(O)[C@]1(O)C(Oc2ccc(Br)cc2)CCN1S. The summed E-state index contributed by atoms with van der Waals surface area (Å²) >= 11 is 7.26. The molecular weight excluding hydrogens is 322 g/mol. The minimum Gasteiger partial charge on any atom is -0.485 e. The summed E-state index contributed by atoms with van der Waals surface area (Å²) in [7, 11) is 0. The minimum atomic E-state index is -2.10. The number of hydrogen-bond donors (Lipinski definition) is 3. The van der Waals surface area contributed by atoms with E-state index in [0.717, 1.165) is 8.78 Å². The number of aliphatic hydroxyl groups is 1. The molecule has 2 atom stereocenters. The van der Waals surface area contributed by atoms with Gasteiger partial charge in [0.1, 0.15) is 5.75 Å². The molecule has 0 radical (unpaired) electrons. The third-order valence-electron chi connectivity index (χ3n) is 2.85. The van der Waals surface area contributed by atoms with Crippen molar-refractivity contribution in [2.45, 2.75) is 18.2 Å². The average Bonchev–Trinajstić information content (AvgIpc) is 2.61. The van der Waals surface area contributed by atoms with Crippen LogP contribution in [0.3, 0.4) is 0 Å². The Balaban J connectivity index is 2.18. The van der Waals surface area contributed by atoms with Crippen molar-refractivity contribution in [2.75, 3.05) is 6.54 Å². The Labute approximate surface area is 118 Å². The maximum atomic E-state index is 11.2. The molecule has 2 N–H and O–H groups in total. The Morgan fingerprint density at radius 1 is 1.50 bits per heavy atom. The number of nitrogens with zero attached hydrogens (tertiary/aromatic N) is 1. The number of aliphatic carboxylic acids is 1. The number of carboxylic acid groups (broad SMARTS) is 1. The van der Waals surface area contributed by atoms with Crippen LogP contribution in [0.4, 0.5) is 0 Å². The van der Waals surface area contributed by atoms with E-state index in [1.165, 1.54) is 0 Å². The third-order valence-corrected chi connectivity index (χ3v) is 3.89. The summed E-state index contributed by atoms with van der Waals surface area (Å²) in [5.74, 6) is -0.858. The zero-order valence-corrected chi connectivity index (χ0v) is 11.8. The van der Waals surface area contributed by atoms with Crippen molar-refractivity contribution in [1.29, 1.82) is 0 Å². The van der Waals surface area contributed by atoms with Crippen LogP contribution in [-0.2, 0) is 4.79 Å². The quantitative estimate of drug-likeness (QED) is 0.732. The van der Waals surface area contributed by atoms with Crippen molar-refractivity contribution in [3.8, 4) is 5.75 Å². The molecular formula is C11H12BrNO4S. The van der Waals surface area contributed by atoms with Gasteiger partial charge in [0.15, 0.2) is 6.10 Å². The molecule has 1 heterocycles. The molecule has 1 aliphatic rings. The van der Waals surface area contributed by atoms with Gasteiger partial charge in [0.25, 0.3) is 5.72 Å². The molecule has 0 aromatic heterocycles. The van der Waals surface area contributed by atoms with E-state index in [-0.39, 0.29) is 0 Å². The van der Waals surface area contributed by atoms with E-state index in [1.54, 1.807) is 24.3 Å². The summed E-state index contributed by atoms with van der Waals surface area (Å²) in [6.45, 7) is 0.340. The summed E-state index contributed by atoms with van der Waals surface area (Å²) in [5, 5.41) is 19.2. The van der Waals surface area contributed by atoms with Crippen LogP contribution in [0.5, 0.6) is 5.75 Å². The van der Waals surface area contributed by atoms with Gasteiger partial charge in [-0.25, -0.2) is 9.10 Å². The highest BCUT2D eigenvalue weighted by atomic mass is 79.9. The number of carboxylic acids is 1. The lowest BCUT2D eigenvalue weighted by Gasteiger charge is -2.29. The maximum absolute atomic E-state index is 11.2. The van der Waals surface area contributed by atoms with E-state index >= 15 is 0 Å². The fourth-order valence-electron chi connectivity index (χ4n) is 1.84. The lowest BCUT2D eigenvalue weighted by atomic mass is 10.1. The zero-order valence-electron chi connectivity index (χ0n) is 9.28. The van der Waals surface area contributed by atoms with Gasteiger partial charge in [-0.05, 0) is 24.3 Å². The van der Waals surface area contributed by atoms with Gasteiger partial charge in [-0.1, -0.05) is 28.7 Å². The molecule has 98 valence electrons. The second-order valence-electron chi connectivity index (χ2n) is 4.00. The molecule has 0 saturated carbocycles. The van der Waals surface area contributed by atoms with Crippen LogP contribution in [0.15, 0.2) is 28.7 Å². The zero-order chi connectivity index (χ0) is 13.3. The molecule has 0 spiro atoms. The highest BCUT2D eigenvalue weighted by Gasteiger charge is 2.55. The van der Waals surface area contributed by atoms with Gasteiger partial charge < -0.3 is 14.9 Å². The molecule has 1 unspecified atom stereocenters. The van der Waals surface area contributed by atoms with E-state index in [9.17, 15) is 9.90 Å². The molecule has 1 fully saturated rings. The molecule has 0 bridgehead atoms. The lowest BCUT2D eigenvalue weighted by Crippen LogP contribution is -2.55. The predicted molar refractivity (Wildman–Crippen MR) is 71.5 cm³/mol. The number of halogens is 1. The molecule has 1 aromatic carbocycles. The van der Waals surface area contributed by atoms with Crippen LogP contribution < -0.4 is 4.74 Å².